The molecule has 0 saturated carbocycles. The van der Waals surface area contributed by atoms with E-state index in [9.17, 15) is 5.11 Å². The van der Waals surface area contributed by atoms with Gasteiger partial charge in [-0.1, -0.05) is 35.9 Å². The smallest absolute Gasteiger partial charge is 0.0931 e. The molecule has 0 spiro atoms. The Morgan fingerprint density at radius 1 is 1.38 bits per heavy atom. The zero-order chi connectivity index (χ0) is 11.5. The molecular formula is C13H11ClNO. The summed E-state index contributed by atoms with van der Waals surface area (Å²) >= 11 is 6.03. The highest BCUT2D eigenvalue weighted by Crippen LogP contribution is 2.26. The van der Waals surface area contributed by atoms with Crippen molar-refractivity contribution >= 4 is 11.6 Å². The molecule has 81 valence electrons. The van der Waals surface area contributed by atoms with Crippen molar-refractivity contribution in [2.45, 2.75) is 13.0 Å². The molecular weight excluding hydrogens is 222 g/mol. The van der Waals surface area contributed by atoms with Crippen LogP contribution in [0.1, 0.15) is 18.7 Å². The number of pyridine rings is 1. The maximum Gasteiger partial charge on any atom is 0.0931 e. The lowest BCUT2D eigenvalue weighted by atomic mass is 10.1. The molecule has 1 aromatic heterocycles. The second kappa shape index (κ2) is 4.64. The Hall–Kier alpha value is -1.38. The van der Waals surface area contributed by atoms with Gasteiger partial charge in [0.15, 0.2) is 0 Å². The van der Waals surface area contributed by atoms with E-state index in [1.165, 1.54) is 0 Å². The van der Waals surface area contributed by atoms with Crippen LogP contribution in [0.25, 0.3) is 11.1 Å². The molecule has 16 heavy (non-hydrogen) atoms. The van der Waals surface area contributed by atoms with Crippen molar-refractivity contribution in [1.82, 2.24) is 4.98 Å². The molecule has 1 atom stereocenters. The largest absolute Gasteiger partial charge is 0.387 e. The van der Waals surface area contributed by atoms with Crippen LogP contribution in [0.15, 0.2) is 36.5 Å². The van der Waals surface area contributed by atoms with Crippen LogP contribution in [-0.2, 0) is 0 Å². The molecule has 0 bridgehead atoms. The molecule has 1 heterocycles. The highest BCUT2D eigenvalue weighted by Gasteiger charge is 2.05. The lowest BCUT2D eigenvalue weighted by molar-refractivity contribution is 0.194. The van der Waals surface area contributed by atoms with Crippen molar-refractivity contribution in [3.63, 3.8) is 0 Å². The van der Waals surface area contributed by atoms with E-state index in [1.54, 1.807) is 25.3 Å². The van der Waals surface area contributed by atoms with E-state index in [1.807, 2.05) is 18.2 Å². The molecule has 0 fully saturated rings. The number of halogens is 1. The fourth-order valence-electron chi connectivity index (χ4n) is 1.45. The Kier molecular flexibility index (Phi) is 3.22. The summed E-state index contributed by atoms with van der Waals surface area (Å²) in [6.45, 7) is 1.69. The molecule has 0 aliphatic carbocycles. The van der Waals surface area contributed by atoms with E-state index in [0.717, 1.165) is 11.1 Å². The summed E-state index contributed by atoms with van der Waals surface area (Å²) in [7, 11) is 0. The van der Waals surface area contributed by atoms with Crippen LogP contribution in [0.4, 0.5) is 0 Å². The lowest BCUT2D eigenvalue weighted by Crippen LogP contribution is -1.94. The molecule has 1 N–H and O–H groups in total. The first kappa shape index (κ1) is 11.1. The van der Waals surface area contributed by atoms with Gasteiger partial charge in [0.25, 0.3) is 0 Å². The predicted molar refractivity (Wildman–Crippen MR) is 64.2 cm³/mol. The maximum atomic E-state index is 9.35. The number of nitrogens with zero attached hydrogens (tertiary/aromatic N) is 1. The summed E-state index contributed by atoms with van der Waals surface area (Å²) in [5.74, 6) is 0. The fraction of sp³-hybridized carbons (Fsp3) is 0.154. The lowest BCUT2D eigenvalue weighted by Gasteiger charge is -2.06. The summed E-state index contributed by atoms with van der Waals surface area (Å²) in [4.78, 5) is 4.17. The van der Waals surface area contributed by atoms with Crippen molar-refractivity contribution in [3.8, 4) is 11.1 Å². The van der Waals surface area contributed by atoms with Crippen LogP contribution >= 0.6 is 11.6 Å². The molecule has 0 saturated heterocycles. The van der Waals surface area contributed by atoms with Gasteiger partial charge in [0.1, 0.15) is 0 Å². The van der Waals surface area contributed by atoms with Crippen molar-refractivity contribution in [2.75, 3.05) is 0 Å². The van der Waals surface area contributed by atoms with Crippen LogP contribution in [0, 0.1) is 6.07 Å². The third-order valence-corrected chi connectivity index (χ3v) is 2.64. The number of hydrogen-bond acceptors (Lipinski definition) is 2. The minimum atomic E-state index is -0.549. The van der Waals surface area contributed by atoms with Gasteiger partial charge in [-0.05, 0) is 13.0 Å². The highest BCUT2D eigenvalue weighted by atomic mass is 35.5. The van der Waals surface area contributed by atoms with E-state index in [4.69, 9.17) is 11.6 Å². The van der Waals surface area contributed by atoms with E-state index >= 15 is 0 Å². The quantitative estimate of drug-likeness (QED) is 0.862. The van der Waals surface area contributed by atoms with Gasteiger partial charge in [0.05, 0.1) is 16.8 Å². The molecule has 0 aliphatic heterocycles. The number of aromatic nitrogens is 1. The zero-order valence-corrected chi connectivity index (χ0v) is 9.57. The first-order valence-corrected chi connectivity index (χ1v) is 5.37. The second-order valence-electron chi connectivity index (χ2n) is 3.55. The van der Waals surface area contributed by atoms with Crippen LogP contribution in [0.5, 0.6) is 0 Å². The monoisotopic (exact) mass is 232 g/mol. The molecule has 0 amide bonds. The SMILES string of the molecule is CC(O)c1ccc(-c2ccc[c]c2Cl)cn1. The molecule has 2 aromatic rings. The average Bonchev–Trinajstić information content (AvgIpc) is 2.30. The molecule has 1 aromatic carbocycles. The molecule has 1 radical (unpaired) electrons. The van der Waals surface area contributed by atoms with Gasteiger partial charge in [-0.15, -0.1) is 0 Å². The van der Waals surface area contributed by atoms with Gasteiger partial charge in [-0.25, -0.2) is 0 Å². The first-order chi connectivity index (χ1) is 7.68. The van der Waals surface area contributed by atoms with Crippen molar-refractivity contribution in [1.29, 1.82) is 0 Å². The highest BCUT2D eigenvalue weighted by molar-refractivity contribution is 6.33. The summed E-state index contributed by atoms with van der Waals surface area (Å²) in [6, 6.07) is 12.2. The van der Waals surface area contributed by atoms with E-state index in [-0.39, 0.29) is 0 Å². The minimum Gasteiger partial charge on any atom is -0.387 e. The van der Waals surface area contributed by atoms with Gasteiger partial charge in [0.2, 0.25) is 0 Å². The van der Waals surface area contributed by atoms with Crippen LogP contribution in [0.3, 0.4) is 0 Å². The van der Waals surface area contributed by atoms with Gasteiger partial charge in [0, 0.05) is 23.4 Å². The van der Waals surface area contributed by atoms with Gasteiger partial charge in [-0.2, -0.15) is 0 Å². The summed E-state index contributed by atoms with van der Waals surface area (Å²) in [6.07, 6.45) is 1.16. The third-order valence-electron chi connectivity index (χ3n) is 2.33. The van der Waals surface area contributed by atoms with Crippen LogP contribution < -0.4 is 0 Å². The predicted octanol–water partition coefficient (Wildman–Crippen LogP) is 3.26. The van der Waals surface area contributed by atoms with Crippen LogP contribution in [-0.4, -0.2) is 10.1 Å². The second-order valence-corrected chi connectivity index (χ2v) is 3.92. The number of benzene rings is 1. The number of rotatable bonds is 2. The average molecular weight is 233 g/mol. The maximum absolute atomic E-state index is 9.35. The van der Waals surface area contributed by atoms with Crippen LogP contribution in [0.2, 0.25) is 5.02 Å². The van der Waals surface area contributed by atoms with Gasteiger partial charge < -0.3 is 5.11 Å². The fourth-order valence-corrected chi connectivity index (χ4v) is 1.69. The number of aliphatic hydroxyl groups is 1. The van der Waals surface area contributed by atoms with E-state index < -0.39 is 6.10 Å². The van der Waals surface area contributed by atoms with Gasteiger partial charge in [-0.3, -0.25) is 4.98 Å². The zero-order valence-electron chi connectivity index (χ0n) is 8.81. The normalized spacial score (nSPS) is 12.4. The first-order valence-electron chi connectivity index (χ1n) is 4.99. The summed E-state index contributed by atoms with van der Waals surface area (Å²) in [5.41, 5.74) is 2.47. The summed E-state index contributed by atoms with van der Waals surface area (Å²) in [5, 5.41) is 9.92. The molecule has 1 unspecified atom stereocenters. The molecule has 2 nitrogen and oxygen atoms in total. The number of hydrogen-bond donors (Lipinski definition) is 1. The van der Waals surface area contributed by atoms with Crippen molar-refractivity contribution in [2.24, 2.45) is 0 Å². The topological polar surface area (TPSA) is 33.1 Å². The van der Waals surface area contributed by atoms with E-state index in [0.29, 0.717) is 10.7 Å². The Balaban J connectivity index is 2.39. The third kappa shape index (κ3) is 2.23. The molecule has 2 rings (SSSR count). The molecule has 3 heteroatoms. The Labute approximate surface area is 99.5 Å². The van der Waals surface area contributed by atoms with Crippen molar-refractivity contribution in [3.05, 3.63) is 53.3 Å². The van der Waals surface area contributed by atoms with Crippen molar-refractivity contribution < 1.29 is 5.11 Å². The Morgan fingerprint density at radius 2 is 2.19 bits per heavy atom. The Bertz CT molecular complexity index is 480. The minimum absolute atomic E-state index is 0.549. The Morgan fingerprint density at radius 3 is 2.75 bits per heavy atom. The summed E-state index contributed by atoms with van der Waals surface area (Å²) < 4.78 is 0. The van der Waals surface area contributed by atoms with E-state index in [2.05, 4.69) is 11.1 Å². The van der Waals surface area contributed by atoms with Gasteiger partial charge >= 0.3 is 0 Å². The standard InChI is InChI=1S/C13H11ClNO/c1-9(16)13-7-6-10(8-15-13)11-4-2-3-5-12(11)14/h2-4,6-9,16H,1H3. The number of aliphatic hydroxyl groups excluding tert-OH is 1. The molecule has 0 aliphatic rings.